The van der Waals surface area contributed by atoms with E-state index in [-0.39, 0.29) is 0 Å². The average molecular weight is 351 g/mol. The van der Waals surface area contributed by atoms with E-state index < -0.39 is 0 Å². The van der Waals surface area contributed by atoms with Crippen LogP contribution < -0.4 is 5.32 Å². The third-order valence-electron chi connectivity index (χ3n) is 3.97. The molecule has 1 fully saturated rings. The topological polar surface area (TPSA) is 12.0 Å². The predicted octanol–water partition coefficient (Wildman–Crippen LogP) is 5.77. The predicted molar refractivity (Wildman–Crippen MR) is 89.7 cm³/mol. The Labute approximate surface area is 133 Å². The minimum atomic E-state index is 0.521. The number of rotatable bonds is 3. The highest BCUT2D eigenvalue weighted by Gasteiger charge is 2.31. The van der Waals surface area contributed by atoms with Crippen LogP contribution in [0.3, 0.4) is 0 Å². The zero-order valence-corrected chi connectivity index (χ0v) is 13.7. The summed E-state index contributed by atoms with van der Waals surface area (Å²) in [6, 6.07) is 15.2. The van der Waals surface area contributed by atoms with Gasteiger partial charge in [-0.25, -0.2) is 0 Å². The fraction of sp³-hybridized carbons (Fsp3) is 0.294. The number of aryl methyl sites for hydroxylation is 1. The standard InChI is InChI=1S/C17H17BrClN/c1-11-6-7-17(16(19)8-11)20-13-9-12(10-13)14-4-2-3-5-15(14)18/h2-8,12-13,20H,9-10H2,1H3. The molecule has 0 radical (unpaired) electrons. The minimum absolute atomic E-state index is 0.521. The molecule has 2 aromatic rings. The maximum atomic E-state index is 6.26. The Balaban J connectivity index is 1.62. The van der Waals surface area contributed by atoms with Crippen LogP contribution in [0.2, 0.25) is 5.02 Å². The number of nitrogens with one attached hydrogen (secondary N) is 1. The van der Waals surface area contributed by atoms with Gasteiger partial charge in [0.2, 0.25) is 0 Å². The maximum Gasteiger partial charge on any atom is 0.0640 e. The molecule has 1 aliphatic rings. The van der Waals surface area contributed by atoms with Crippen molar-refractivity contribution < 1.29 is 0 Å². The lowest BCUT2D eigenvalue weighted by molar-refractivity contribution is 0.373. The lowest BCUT2D eigenvalue weighted by atomic mass is 9.76. The Hall–Kier alpha value is -0.990. The summed E-state index contributed by atoms with van der Waals surface area (Å²) >= 11 is 9.90. The second kappa shape index (κ2) is 5.79. The molecule has 0 amide bonds. The molecular formula is C17H17BrClN. The maximum absolute atomic E-state index is 6.26. The summed E-state index contributed by atoms with van der Waals surface area (Å²) in [5, 5.41) is 4.36. The van der Waals surface area contributed by atoms with Gasteiger partial charge in [0.25, 0.3) is 0 Å². The lowest BCUT2D eigenvalue weighted by Gasteiger charge is -2.37. The van der Waals surface area contributed by atoms with Gasteiger partial charge in [-0.05, 0) is 55.0 Å². The molecule has 0 atom stereocenters. The highest BCUT2D eigenvalue weighted by molar-refractivity contribution is 9.10. The monoisotopic (exact) mass is 349 g/mol. The smallest absolute Gasteiger partial charge is 0.0640 e. The van der Waals surface area contributed by atoms with Crippen LogP contribution >= 0.6 is 27.5 Å². The Kier molecular flexibility index (Phi) is 4.04. The van der Waals surface area contributed by atoms with Gasteiger partial charge in [0.05, 0.1) is 10.7 Å². The third-order valence-corrected chi connectivity index (χ3v) is 5.00. The van der Waals surface area contributed by atoms with Gasteiger partial charge in [-0.1, -0.05) is 51.8 Å². The summed E-state index contributed by atoms with van der Waals surface area (Å²) in [4.78, 5) is 0. The van der Waals surface area contributed by atoms with Gasteiger partial charge in [-0.3, -0.25) is 0 Å². The van der Waals surface area contributed by atoms with Crippen LogP contribution in [0.4, 0.5) is 5.69 Å². The van der Waals surface area contributed by atoms with Crippen molar-refractivity contribution in [3.05, 3.63) is 63.1 Å². The van der Waals surface area contributed by atoms with Crippen molar-refractivity contribution in [1.82, 2.24) is 0 Å². The van der Waals surface area contributed by atoms with Crippen LogP contribution in [0, 0.1) is 6.92 Å². The highest BCUT2D eigenvalue weighted by Crippen LogP contribution is 2.41. The van der Waals surface area contributed by atoms with Crippen molar-refractivity contribution in [3.63, 3.8) is 0 Å². The van der Waals surface area contributed by atoms with Crippen molar-refractivity contribution >= 4 is 33.2 Å². The molecule has 3 rings (SSSR count). The van der Waals surface area contributed by atoms with Crippen molar-refractivity contribution in [2.24, 2.45) is 0 Å². The zero-order valence-electron chi connectivity index (χ0n) is 11.4. The van der Waals surface area contributed by atoms with Crippen LogP contribution in [0.1, 0.15) is 29.9 Å². The second-order valence-electron chi connectivity index (χ2n) is 5.51. The molecule has 104 valence electrons. The second-order valence-corrected chi connectivity index (χ2v) is 6.78. The molecule has 3 heteroatoms. The first-order chi connectivity index (χ1) is 9.63. The molecule has 0 heterocycles. The molecule has 20 heavy (non-hydrogen) atoms. The van der Waals surface area contributed by atoms with Crippen LogP contribution in [-0.4, -0.2) is 6.04 Å². The van der Waals surface area contributed by atoms with E-state index in [2.05, 4.69) is 64.6 Å². The fourth-order valence-electron chi connectivity index (χ4n) is 2.75. The summed E-state index contributed by atoms with van der Waals surface area (Å²) in [7, 11) is 0. The number of anilines is 1. The molecule has 0 saturated heterocycles. The van der Waals surface area contributed by atoms with Gasteiger partial charge in [-0.15, -0.1) is 0 Å². The summed E-state index contributed by atoms with van der Waals surface area (Å²) in [6.07, 6.45) is 2.32. The summed E-state index contributed by atoms with van der Waals surface area (Å²) < 4.78 is 1.22. The van der Waals surface area contributed by atoms with E-state index in [9.17, 15) is 0 Å². The van der Waals surface area contributed by atoms with E-state index in [0.29, 0.717) is 12.0 Å². The molecule has 0 bridgehead atoms. The normalized spacial score (nSPS) is 21.4. The average Bonchev–Trinajstić information content (AvgIpc) is 2.37. The van der Waals surface area contributed by atoms with Crippen LogP contribution in [-0.2, 0) is 0 Å². The van der Waals surface area contributed by atoms with Gasteiger partial charge in [0.15, 0.2) is 0 Å². The van der Waals surface area contributed by atoms with Gasteiger partial charge in [0.1, 0.15) is 0 Å². The summed E-state index contributed by atoms with van der Waals surface area (Å²) in [5.41, 5.74) is 3.66. The molecule has 1 N–H and O–H groups in total. The van der Waals surface area contributed by atoms with Crippen molar-refractivity contribution in [3.8, 4) is 0 Å². The van der Waals surface area contributed by atoms with Gasteiger partial charge in [0, 0.05) is 10.5 Å². The minimum Gasteiger partial charge on any atom is -0.381 e. The molecule has 1 aliphatic carbocycles. The largest absolute Gasteiger partial charge is 0.381 e. The number of hydrogen-bond acceptors (Lipinski definition) is 1. The first kappa shape index (κ1) is 14.0. The Bertz CT molecular complexity index is 620. The van der Waals surface area contributed by atoms with Crippen LogP contribution in [0.5, 0.6) is 0 Å². The number of hydrogen-bond donors (Lipinski definition) is 1. The van der Waals surface area contributed by atoms with Crippen LogP contribution in [0.15, 0.2) is 46.9 Å². The number of halogens is 2. The Morgan fingerprint density at radius 1 is 1.15 bits per heavy atom. The number of benzene rings is 2. The quantitative estimate of drug-likeness (QED) is 0.741. The molecule has 1 saturated carbocycles. The van der Waals surface area contributed by atoms with Crippen LogP contribution in [0.25, 0.3) is 0 Å². The van der Waals surface area contributed by atoms with E-state index in [1.54, 1.807) is 0 Å². The third kappa shape index (κ3) is 2.87. The van der Waals surface area contributed by atoms with Crippen molar-refractivity contribution in [1.29, 1.82) is 0 Å². The first-order valence-corrected chi connectivity index (χ1v) is 8.07. The van der Waals surface area contributed by atoms with E-state index >= 15 is 0 Å². The summed E-state index contributed by atoms with van der Waals surface area (Å²) in [6.45, 7) is 2.06. The van der Waals surface area contributed by atoms with E-state index in [1.165, 1.54) is 15.6 Å². The molecule has 0 aromatic heterocycles. The van der Waals surface area contributed by atoms with Crippen molar-refractivity contribution in [2.45, 2.75) is 31.7 Å². The van der Waals surface area contributed by atoms with Gasteiger partial charge in [-0.2, -0.15) is 0 Å². The lowest BCUT2D eigenvalue weighted by Crippen LogP contribution is -2.34. The van der Waals surface area contributed by atoms with E-state index in [4.69, 9.17) is 11.6 Å². The highest BCUT2D eigenvalue weighted by atomic mass is 79.9. The molecular weight excluding hydrogens is 334 g/mol. The molecule has 0 spiro atoms. The molecule has 1 nitrogen and oxygen atoms in total. The molecule has 0 unspecified atom stereocenters. The SMILES string of the molecule is Cc1ccc(NC2CC(c3ccccc3Br)C2)c(Cl)c1. The summed E-state index contributed by atoms with van der Waals surface area (Å²) in [5.74, 6) is 0.646. The van der Waals surface area contributed by atoms with E-state index in [1.807, 2.05) is 6.07 Å². The molecule has 2 aromatic carbocycles. The van der Waals surface area contributed by atoms with Crippen molar-refractivity contribution in [2.75, 3.05) is 5.32 Å². The molecule has 0 aliphatic heterocycles. The van der Waals surface area contributed by atoms with Gasteiger partial charge >= 0.3 is 0 Å². The first-order valence-electron chi connectivity index (χ1n) is 6.90. The fourth-order valence-corrected chi connectivity index (χ4v) is 3.65. The van der Waals surface area contributed by atoms with Gasteiger partial charge < -0.3 is 5.32 Å². The zero-order chi connectivity index (χ0) is 14.1. The Morgan fingerprint density at radius 2 is 1.90 bits per heavy atom. The van der Waals surface area contributed by atoms with E-state index in [0.717, 1.165) is 23.6 Å². The Morgan fingerprint density at radius 3 is 2.60 bits per heavy atom.